The number of aliphatic hydroxyl groups is 1. The first-order chi connectivity index (χ1) is 11.4. The minimum absolute atomic E-state index is 0.128. The van der Waals surface area contributed by atoms with Gasteiger partial charge in [-0.05, 0) is 45.6 Å². The molecule has 24 heavy (non-hydrogen) atoms. The van der Waals surface area contributed by atoms with E-state index in [0.717, 1.165) is 57.9 Å². The van der Waals surface area contributed by atoms with Crippen molar-refractivity contribution in [1.29, 1.82) is 0 Å². The zero-order valence-electron chi connectivity index (χ0n) is 15.7. The van der Waals surface area contributed by atoms with Crippen LogP contribution in [0.2, 0.25) is 0 Å². The van der Waals surface area contributed by atoms with Crippen molar-refractivity contribution in [2.24, 2.45) is 0 Å². The summed E-state index contributed by atoms with van der Waals surface area (Å²) < 4.78 is 11.1. The molecular weight excluding hydrogens is 300 g/mol. The van der Waals surface area contributed by atoms with Crippen molar-refractivity contribution in [1.82, 2.24) is 0 Å². The minimum Gasteiger partial charge on any atom is -0.496 e. The van der Waals surface area contributed by atoms with Crippen molar-refractivity contribution in [3.8, 4) is 11.5 Å². The van der Waals surface area contributed by atoms with Gasteiger partial charge in [-0.3, -0.25) is 0 Å². The SMILES string of the molecule is C=c1c(OC)c(C)c(CC=C(C)CCC=C(C)CO)c(OC)c1=C. The van der Waals surface area contributed by atoms with Gasteiger partial charge in [0, 0.05) is 16.0 Å². The second-order valence-corrected chi connectivity index (χ2v) is 6.13. The second-order valence-electron chi connectivity index (χ2n) is 6.13. The number of hydrogen-bond acceptors (Lipinski definition) is 3. The fraction of sp³-hybridized carbons (Fsp3) is 0.429. The predicted molar refractivity (Wildman–Crippen MR) is 102 cm³/mol. The highest BCUT2D eigenvalue weighted by atomic mass is 16.5. The summed E-state index contributed by atoms with van der Waals surface area (Å²) in [5.41, 5.74) is 4.46. The standard InChI is InChI=1S/C21H30O3/c1-14(9-8-10-15(2)13-22)11-12-19-18(5)20(23-6)16(3)17(4)21(19)24-7/h10-11,22H,3-4,8-9,12-13H2,1-2,5-7H3. The van der Waals surface area contributed by atoms with Crippen LogP contribution < -0.4 is 19.9 Å². The van der Waals surface area contributed by atoms with Crippen molar-refractivity contribution in [2.45, 2.75) is 40.0 Å². The Kier molecular flexibility index (Phi) is 7.80. The zero-order chi connectivity index (χ0) is 18.3. The van der Waals surface area contributed by atoms with E-state index in [2.05, 4.69) is 32.2 Å². The summed E-state index contributed by atoms with van der Waals surface area (Å²) in [5.74, 6) is 1.57. The molecule has 0 heterocycles. The Bertz CT molecular complexity index is 727. The minimum atomic E-state index is 0.128. The molecule has 0 aliphatic rings. The monoisotopic (exact) mass is 330 g/mol. The topological polar surface area (TPSA) is 38.7 Å². The summed E-state index contributed by atoms with van der Waals surface area (Å²) in [6.07, 6.45) is 6.97. The predicted octanol–water partition coefficient (Wildman–Crippen LogP) is 3.04. The molecule has 0 aliphatic heterocycles. The van der Waals surface area contributed by atoms with E-state index in [4.69, 9.17) is 14.6 Å². The smallest absolute Gasteiger partial charge is 0.130 e. The summed E-state index contributed by atoms with van der Waals surface area (Å²) in [5, 5.41) is 10.6. The second kappa shape index (κ2) is 9.33. The van der Waals surface area contributed by atoms with Gasteiger partial charge in [0.05, 0.1) is 20.8 Å². The number of benzene rings is 1. The third-order valence-corrected chi connectivity index (χ3v) is 4.32. The highest BCUT2D eigenvalue weighted by molar-refractivity contribution is 5.52. The van der Waals surface area contributed by atoms with Gasteiger partial charge in [-0.1, -0.05) is 36.5 Å². The molecule has 0 aliphatic carbocycles. The van der Waals surface area contributed by atoms with E-state index < -0.39 is 0 Å². The largest absolute Gasteiger partial charge is 0.496 e. The Hall–Kier alpha value is -2.00. The fourth-order valence-electron chi connectivity index (χ4n) is 2.75. The Morgan fingerprint density at radius 1 is 1.00 bits per heavy atom. The molecular formula is C21H30O3. The Balaban J connectivity index is 3.06. The maximum Gasteiger partial charge on any atom is 0.130 e. The molecule has 1 aromatic rings. The maximum absolute atomic E-state index is 9.02. The quantitative estimate of drug-likeness (QED) is 0.745. The molecule has 0 saturated heterocycles. The van der Waals surface area contributed by atoms with Crippen LogP contribution in [-0.2, 0) is 6.42 Å². The van der Waals surface area contributed by atoms with Gasteiger partial charge >= 0.3 is 0 Å². The number of rotatable bonds is 8. The molecule has 0 fully saturated rings. The summed E-state index contributed by atoms with van der Waals surface area (Å²) in [7, 11) is 3.32. The molecule has 3 nitrogen and oxygen atoms in total. The van der Waals surface area contributed by atoms with Gasteiger partial charge in [0.25, 0.3) is 0 Å². The van der Waals surface area contributed by atoms with Gasteiger partial charge in [0.2, 0.25) is 0 Å². The molecule has 0 bridgehead atoms. The van der Waals surface area contributed by atoms with Crippen LogP contribution in [0.3, 0.4) is 0 Å². The first-order valence-corrected chi connectivity index (χ1v) is 8.20. The average Bonchev–Trinajstić information content (AvgIpc) is 2.57. The van der Waals surface area contributed by atoms with E-state index in [1.54, 1.807) is 14.2 Å². The van der Waals surface area contributed by atoms with Crippen molar-refractivity contribution in [3.05, 3.63) is 44.9 Å². The average molecular weight is 330 g/mol. The van der Waals surface area contributed by atoms with Gasteiger partial charge < -0.3 is 14.6 Å². The normalized spacial score (nSPS) is 12.4. The van der Waals surface area contributed by atoms with Gasteiger partial charge in [-0.2, -0.15) is 0 Å². The van der Waals surface area contributed by atoms with Crippen LogP contribution in [-0.4, -0.2) is 25.9 Å². The zero-order valence-corrected chi connectivity index (χ0v) is 15.7. The lowest BCUT2D eigenvalue weighted by molar-refractivity contribution is 0.331. The summed E-state index contributed by atoms with van der Waals surface area (Å²) >= 11 is 0. The van der Waals surface area contributed by atoms with Gasteiger partial charge in [0.15, 0.2) is 0 Å². The van der Waals surface area contributed by atoms with Crippen LogP contribution in [0.5, 0.6) is 11.5 Å². The van der Waals surface area contributed by atoms with Crippen molar-refractivity contribution in [3.63, 3.8) is 0 Å². The molecule has 0 radical (unpaired) electrons. The van der Waals surface area contributed by atoms with E-state index in [9.17, 15) is 0 Å². The van der Waals surface area contributed by atoms with Crippen molar-refractivity contribution >= 4 is 13.2 Å². The number of hydrogen-bond donors (Lipinski definition) is 1. The van der Waals surface area contributed by atoms with Gasteiger partial charge in [-0.15, -0.1) is 0 Å². The Morgan fingerprint density at radius 3 is 2.12 bits per heavy atom. The lowest BCUT2D eigenvalue weighted by Gasteiger charge is -2.16. The van der Waals surface area contributed by atoms with E-state index in [1.807, 2.05) is 13.8 Å². The Labute approximate surface area is 145 Å². The Morgan fingerprint density at radius 2 is 1.58 bits per heavy atom. The fourth-order valence-corrected chi connectivity index (χ4v) is 2.75. The number of allylic oxidation sites excluding steroid dienone is 3. The van der Waals surface area contributed by atoms with Crippen LogP contribution >= 0.6 is 0 Å². The van der Waals surface area contributed by atoms with Crippen LogP contribution in [0, 0.1) is 6.92 Å². The van der Waals surface area contributed by atoms with E-state index in [-0.39, 0.29) is 6.61 Å². The molecule has 0 unspecified atom stereocenters. The van der Waals surface area contributed by atoms with Gasteiger partial charge in [0.1, 0.15) is 11.5 Å². The first kappa shape index (κ1) is 20.0. The third kappa shape index (κ3) is 4.75. The molecule has 132 valence electrons. The van der Waals surface area contributed by atoms with Gasteiger partial charge in [-0.25, -0.2) is 0 Å². The molecule has 1 N–H and O–H groups in total. The molecule has 0 aromatic heterocycles. The third-order valence-electron chi connectivity index (χ3n) is 4.32. The van der Waals surface area contributed by atoms with Crippen LogP contribution in [0.1, 0.15) is 37.8 Å². The lowest BCUT2D eigenvalue weighted by atomic mass is 9.98. The summed E-state index contributed by atoms with van der Waals surface area (Å²) in [4.78, 5) is 0. The molecule has 0 atom stereocenters. The first-order valence-electron chi connectivity index (χ1n) is 8.20. The highest BCUT2D eigenvalue weighted by Crippen LogP contribution is 2.24. The number of aliphatic hydroxyl groups excluding tert-OH is 1. The number of methoxy groups -OCH3 is 2. The molecule has 3 heteroatoms. The van der Waals surface area contributed by atoms with Crippen LogP contribution in [0.25, 0.3) is 13.2 Å². The maximum atomic E-state index is 9.02. The van der Waals surface area contributed by atoms with E-state index >= 15 is 0 Å². The molecule has 0 amide bonds. The molecule has 0 saturated carbocycles. The molecule has 0 spiro atoms. The number of ether oxygens (including phenoxy) is 2. The highest BCUT2D eigenvalue weighted by Gasteiger charge is 2.13. The van der Waals surface area contributed by atoms with E-state index in [1.165, 1.54) is 5.57 Å². The van der Waals surface area contributed by atoms with E-state index in [0.29, 0.717) is 0 Å². The molecule has 1 rings (SSSR count). The van der Waals surface area contributed by atoms with Crippen LogP contribution in [0.4, 0.5) is 0 Å². The van der Waals surface area contributed by atoms with Crippen molar-refractivity contribution < 1.29 is 14.6 Å². The van der Waals surface area contributed by atoms with Crippen LogP contribution in [0.15, 0.2) is 23.3 Å². The van der Waals surface area contributed by atoms with Crippen molar-refractivity contribution in [2.75, 3.05) is 20.8 Å². The summed E-state index contributed by atoms with van der Waals surface area (Å²) in [6, 6.07) is 0. The molecule has 1 aromatic carbocycles. The summed E-state index contributed by atoms with van der Waals surface area (Å²) in [6.45, 7) is 14.4. The lowest BCUT2D eigenvalue weighted by Crippen LogP contribution is -2.28.